The summed E-state index contributed by atoms with van der Waals surface area (Å²) in [5.74, 6) is 0.628. The van der Waals surface area contributed by atoms with Gasteiger partial charge in [-0.05, 0) is 49.4 Å². The fourth-order valence-corrected chi connectivity index (χ4v) is 4.20. The summed E-state index contributed by atoms with van der Waals surface area (Å²) in [6, 6.07) is 0. The van der Waals surface area contributed by atoms with E-state index >= 15 is 0 Å². The molecular weight excluding hydrogens is 278 g/mol. The van der Waals surface area contributed by atoms with Crippen LogP contribution < -0.4 is 5.32 Å². The minimum atomic E-state index is -0.178. The second-order valence-electron chi connectivity index (χ2n) is 7.86. The molecule has 2 aliphatic rings. The number of esters is 1. The molecule has 4 atom stereocenters. The van der Waals surface area contributed by atoms with E-state index in [-0.39, 0.29) is 18.6 Å². The minimum Gasteiger partial charge on any atom is -0.462 e. The van der Waals surface area contributed by atoms with Gasteiger partial charge in [0.05, 0.1) is 25.4 Å². The number of rotatable bonds is 8. The molecule has 22 heavy (non-hydrogen) atoms. The van der Waals surface area contributed by atoms with Crippen LogP contribution in [0, 0.1) is 16.7 Å². The molecule has 0 radical (unpaired) electrons. The molecule has 0 aromatic rings. The summed E-state index contributed by atoms with van der Waals surface area (Å²) in [6.45, 7) is 12.8. The van der Waals surface area contributed by atoms with Gasteiger partial charge < -0.3 is 14.8 Å². The standard InChI is InChI=1S/C18H33NO3/c1-6-13(2)22-16(20)12-19-9-10-21-15-11-14-7-8-18(15,5)17(14,3)4/h13-15,19H,6-12H2,1-5H3/t13-,14+,15+,18-/m1/s1. The van der Waals surface area contributed by atoms with Gasteiger partial charge in [0.25, 0.3) is 0 Å². The van der Waals surface area contributed by atoms with Gasteiger partial charge in [-0.1, -0.05) is 27.7 Å². The summed E-state index contributed by atoms with van der Waals surface area (Å²) in [7, 11) is 0. The lowest BCUT2D eigenvalue weighted by Gasteiger charge is -2.38. The molecular formula is C18H33NO3. The van der Waals surface area contributed by atoms with Crippen LogP contribution in [-0.2, 0) is 14.3 Å². The quantitative estimate of drug-likeness (QED) is 0.552. The predicted octanol–water partition coefficient (Wildman–Crippen LogP) is 3.15. The smallest absolute Gasteiger partial charge is 0.320 e. The van der Waals surface area contributed by atoms with Crippen molar-refractivity contribution in [1.82, 2.24) is 5.32 Å². The summed E-state index contributed by atoms with van der Waals surface area (Å²) in [5, 5.41) is 3.12. The van der Waals surface area contributed by atoms with E-state index in [1.165, 1.54) is 19.3 Å². The van der Waals surface area contributed by atoms with E-state index in [1.807, 2.05) is 13.8 Å². The molecule has 0 aromatic carbocycles. The highest BCUT2D eigenvalue weighted by Crippen LogP contribution is 2.66. The third-order valence-electron chi connectivity index (χ3n) is 6.49. The Kier molecular flexibility index (Phi) is 5.54. The monoisotopic (exact) mass is 311 g/mol. The molecule has 0 aromatic heterocycles. The van der Waals surface area contributed by atoms with E-state index in [9.17, 15) is 4.79 Å². The van der Waals surface area contributed by atoms with Gasteiger partial charge in [-0.3, -0.25) is 4.79 Å². The molecule has 0 spiro atoms. The highest BCUT2D eigenvalue weighted by atomic mass is 16.5. The van der Waals surface area contributed by atoms with Gasteiger partial charge in [0, 0.05) is 6.54 Å². The van der Waals surface area contributed by atoms with Crippen molar-refractivity contribution in [3.05, 3.63) is 0 Å². The van der Waals surface area contributed by atoms with E-state index in [4.69, 9.17) is 9.47 Å². The van der Waals surface area contributed by atoms with Gasteiger partial charge in [-0.25, -0.2) is 0 Å². The summed E-state index contributed by atoms with van der Waals surface area (Å²) >= 11 is 0. The van der Waals surface area contributed by atoms with E-state index in [2.05, 4.69) is 26.1 Å². The van der Waals surface area contributed by atoms with Crippen LogP contribution in [-0.4, -0.2) is 37.9 Å². The lowest BCUT2D eigenvalue weighted by atomic mass is 9.70. The van der Waals surface area contributed by atoms with Gasteiger partial charge in [0.1, 0.15) is 0 Å². The molecule has 2 bridgehead atoms. The zero-order valence-corrected chi connectivity index (χ0v) is 14.9. The van der Waals surface area contributed by atoms with Gasteiger partial charge in [0.15, 0.2) is 0 Å². The summed E-state index contributed by atoms with van der Waals surface area (Å²) < 4.78 is 11.4. The zero-order chi connectivity index (χ0) is 16.4. The van der Waals surface area contributed by atoms with Crippen molar-refractivity contribution in [3.63, 3.8) is 0 Å². The molecule has 0 saturated heterocycles. The summed E-state index contributed by atoms with van der Waals surface area (Å²) in [4.78, 5) is 11.5. The fourth-order valence-electron chi connectivity index (χ4n) is 4.20. The van der Waals surface area contributed by atoms with Crippen molar-refractivity contribution in [2.45, 2.75) is 72.5 Å². The molecule has 0 heterocycles. The molecule has 2 fully saturated rings. The van der Waals surface area contributed by atoms with E-state index < -0.39 is 0 Å². The SMILES string of the molecule is CC[C@@H](C)OC(=O)CNCCO[C@H]1C[C@@H]2CC[C@@]1(C)C2(C)C. The molecule has 1 N–H and O–H groups in total. The van der Waals surface area contributed by atoms with Crippen LogP contribution in [0.2, 0.25) is 0 Å². The molecule has 4 heteroatoms. The average Bonchev–Trinajstić information content (AvgIpc) is 2.79. The average molecular weight is 311 g/mol. The number of carbonyl (C=O) groups excluding carboxylic acids is 1. The van der Waals surface area contributed by atoms with E-state index in [1.54, 1.807) is 0 Å². The maximum absolute atomic E-state index is 11.5. The topological polar surface area (TPSA) is 47.6 Å². The molecule has 4 nitrogen and oxygen atoms in total. The second-order valence-corrected chi connectivity index (χ2v) is 7.86. The normalized spacial score (nSPS) is 33.9. The van der Waals surface area contributed by atoms with Crippen LogP contribution in [0.1, 0.15) is 60.3 Å². The second kappa shape index (κ2) is 6.88. The van der Waals surface area contributed by atoms with Crippen LogP contribution in [0.3, 0.4) is 0 Å². The number of fused-ring (bicyclic) bond motifs is 2. The first-order valence-corrected chi connectivity index (χ1v) is 8.83. The number of hydrogen-bond donors (Lipinski definition) is 1. The Morgan fingerprint density at radius 3 is 2.64 bits per heavy atom. The maximum Gasteiger partial charge on any atom is 0.320 e. The number of hydrogen-bond acceptors (Lipinski definition) is 4. The van der Waals surface area contributed by atoms with Crippen LogP contribution in [0.25, 0.3) is 0 Å². The van der Waals surface area contributed by atoms with Gasteiger partial charge in [0.2, 0.25) is 0 Å². The molecule has 128 valence electrons. The van der Waals surface area contributed by atoms with Gasteiger partial charge >= 0.3 is 5.97 Å². The van der Waals surface area contributed by atoms with Crippen LogP contribution in [0.4, 0.5) is 0 Å². The van der Waals surface area contributed by atoms with Crippen molar-refractivity contribution < 1.29 is 14.3 Å². The van der Waals surface area contributed by atoms with Gasteiger partial charge in [-0.2, -0.15) is 0 Å². The summed E-state index contributed by atoms with van der Waals surface area (Å²) in [6.07, 6.45) is 5.05. The lowest BCUT2D eigenvalue weighted by molar-refractivity contribution is -0.147. The van der Waals surface area contributed by atoms with Crippen LogP contribution in [0.15, 0.2) is 0 Å². The number of nitrogens with one attached hydrogen (secondary N) is 1. The third-order valence-corrected chi connectivity index (χ3v) is 6.49. The van der Waals surface area contributed by atoms with Crippen molar-refractivity contribution in [1.29, 1.82) is 0 Å². The first-order valence-electron chi connectivity index (χ1n) is 8.83. The first kappa shape index (κ1) is 17.7. The Balaban J connectivity index is 1.63. The van der Waals surface area contributed by atoms with Crippen molar-refractivity contribution >= 4 is 5.97 Å². The molecule has 2 saturated carbocycles. The van der Waals surface area contributed by atoms with Crippen molar-refractivity contribution in [2.24, 2.45) is 16.7 Å². The highest BCUT2D eigenvalue weighted by Gasteiger charge is 2.61. The van der Waals surface area contributed by atoms with Gasteiger partial charge in [-0.15, -0.1) is 0 Å². The minimum absolute atomic E-state index is 0.00164. The van der Waals surface area contributed by atoms with E-state index in [0.29, 0.717) is 30.1 Å². The lowest BCUT2D eigenvalue weighted by Crippen LogP contribution is -2.38. The van der Waals surface area contributed by atoms with Crippen LogP contribution in [0.5, 0.6) is 0 Å². The predicted molar refractivity (Wildman–Crippen MR) is 87.7 cm³/mol. The third kappa shape index (κ3) is 3.33. The highest BCUT2D eigenvalue weighted by molar-refractivity contribution is 5.71. The zero-order valence-electron chi connectivity index (χ0n) is 14.9. The van der Waals surface area contributed by atoms with Crippen molar-refractivity contribution in [2.75, 3.05) is 19.7 Å². The largest absolute Gasteiger partial charge is 0.462 e. The molecule has 0 amide bonds. The maximum atomic E-state index is 11.5. The number of ether oxygens (including phenoxy) is 2. The Bertz CT molecular complexity index is 396. The number of carbonyl (C=O) groups is 1. The van der Waals surface area contributed by atoms with Crippen molar-refractivity contribution in [3.8, 4) is 0 Å². The first-order chi connectivity index (χ1) is 10.3. The molecule has 0 unspecified atom stereocenters. The molecule has 2 rings (SSSR count). The Morgan fingerprint density at radius 1 is 1.36 bits per heavy atom. The summed E-state index contributed by atoms with van der Waals surface area (Å²) in [5.41, 5.74) is 0.707. The fraction of sp³-hybridized carbons (Fsp3) is 0.944. The Morgan fingerprint density at radius 2 is 2.09 bits per heavy atom. The van der Waals surface area contributed by atoms with E-state index in [0.717, 1.165) is 12.3 Å². The Hall–Kier alpha value is -0.610. The molecule has 0 aliphatic heterocycles. The Labute approximate surface area is 135 Å². The molecule has 2 aliphatic carbocycles. The van der Waals surface area contributed by atoms with Crippen LogP contribution >= 0.6 is 0 Å².